The molecule has 4 aliphatic rings. The van der Waals surface area contributed by atoms with Crippen LogP contribution < -0.4 is 0 Å². The molecule has 0 bridgehead atoms. The zero-order valence-electron chi connectivity index (χ0n) is 15.7. The minimum atomic E-state index is -1.54. The molecule has 3 N–H and O–H groups in total. The minimum Gasteiger partial charge on any atom is -0.393 e. The summed E-state index contributed by atoms with van der Waals surface area (Å²) in [5.74, 6) is 0.140. The summed E-state index contributed by atoms with van der Waals surface area (Å²) in [5, 5.41) is 31.7. The van der Waals surface area contributed by atoms with E-state index in [2.05, 4.69) is 6.92 Å². The van der Waals surface area contributed by atoms with Crippen LogP contribution in [0.3, 0.4) is 0 Å². The van der Waals surface area contributed by atoms with E-state index >= 15 is 0 Å². The normalized spacial score (nSPS) is 50.5. The summed E-state index contributed by atoms with van der Waals surface area (Å²) >= 11 is 0. The number of hydrogen-bond donors (Lipinski definition) is 3. The molecule has 0 radical (unpaired) electrons. The average molecular weight is 362 g/mol. The first-order chi connectivity index (χ1) is 12.2. The first-order valence-corrected chi connectivity index (χ1v) is 9.96. The number of carbonyl (C=O) groups excluding carboxylic acids is 2. The molecule has 5 heteroatoms. The molecule has 0 unspecified atom stereocenters. The van der Waals surface area contributed by atoms with Gasteiger partial charge < -0.3 is 15.3 Å². The number of aliphatic hydroxyl groups is 3. The van der Waals surface area contributed by atoms with Crippen LogP contribution >= 0.6 is 0 Å². The van der Waals surface area contributed by atoms with Crippen molar-refractivity contribution in [2.45, 2.75) is 70.5 Å². The van der Waals surface area contributed by atoms with Crippen molar-refractivity contribution in [1.29, 1.82) is 0 Å². The third-order valence-electron chi connectivity index (χ3n) is 8.65. The lowest BCUT2D eigenvalue weighted by atomic mass is 9.45. The fourth-order valence-electron chi connectivity index (χ4n) is 7.28. The molecule has 0 aromatic heterocycles. The van der Waals surface area contributed by atoms with E-state index in [0.717, 1.165) is 25.7 Å². The summed E-state index contributed by atoms with van der Waals surface area (Å²) in [6.07, 6.45) is 5.74. The summed E-state index contributed by atoms with van der Waals surface area (Å²) in [5.41, 5.74) is -1.23. The van der Waals surface area contributed by atoms with Gasteiger partial charge in [-0.3, -0.25) is 9.59 Å². The fourth-order valence-corrected chi connectivity index (χ4v) is 7.28. The van der Waals surface area contributed by atoms with Gasteiger partial charge in [0.1, 0.15) is 12.2 Å². The third kappa shape index (κ3) is 2.14. The van der Waals surface area contributed by atoms with E-state index in [4.69, 9.17) is 0 Å². The van der Waals surface area contributed by atoms with Gasteiger partial charge in [0.2, 0.25) is 0 Å². The molecule has 5 nitrogen and oxygen atoms in total. The van der Waals surface area contributed by atoms with E-state index in [9.17, 15) is 24.9 Å². The molecular formula is C21H30O5. The first-order valence-electron chi connectivity index (χ1n) is 9.96. The van der Waals surface area contributed by atoms with Crippen LogP contribution in [0.5, 0.6) is 0 Å². The second-order valence-electron chi connectivity index (χ2n) is 9.56. The molecule has 4 aliphatic carbocycles. The molecule has 3 fully saturated rings. The van der Waals surface area contributed by atoms with Gasteiger partial charge in [-0.05, 0) is 67.8 Å². The SMILES string of the molecule is C[C@]12CCC(=O)C=C1CC[C@H]1[C@H]2[C@H](O)C[C@@]2(C)[C@@H]1CC[C@@]2(O)C(=O)CO. The number of hydrogen-bond acceptors (Lipinski definition) is 5. The van der Waals surface area contributed by atoms with Crippen LogP contribution in [0.4, 0.5) is 0 Å². The molecule has 0 heterocycles. The fraction of sp³-hybridized carbons (Fsp3) is 0.810. The van der Waals surface area contributed by atoms with Gasteiger partial charge in [0.15, 0.2) is 11.6 Å². The van der Waals surface area contributed by atoms with Crippen molar-refractivity contribution in [1.82, 2.24) is 0 Å². The topological polar surface area (TPSA) is 94.8 Å². The Bertz CT molecular complexity index is 684. The van der Waals surface area contributed by atoms with Crippen LogP contribution in [0.25, 0.3) is 0 Å². The maximum absolute atomic E-state index is 12.4. The van der Waals surface area contributed by atoms with Gasteiger partial charge in [-0.1, -0.05) is 19.4 Å². The van der Waals surface area contributed by atoms with Crippen LogP contribution in [0, 0.1) is 28.6 Å². The molecular weight excluding hydrogens is 332 g/mol. The maximum atomic E-state index is 12.4. The smallest absolute Gasteiger partial charge is 0.190 e. The molecule has 7 atom stereocenters. The van der Waals surface area contributed by atoms with E-state index in [1.54, 1.807) is 6.08 Å². The second-order valence-corrected chi connectivity index (χ2v) is 9.56. The summed E-state index contributed by atoms with van der Waals surface area (Å²) in [7, 11) is 0. The highest BCUT2D eigenvalue weighted by Crippen LogP contribution is 2.67. The highest BCUT2D eigenvalue weighted by molar-refractivity contribution is 5.91. The largest absolute Gasteiger partial charge is 0.393 e. The van der Waals surface area contributed by atoms with E-state index in [1.807, 2.05) is 6.92 Å². The van der Waals surface area contributed by atoms with Gasteiger partial charge >= 0.3 is 0 Å². The number of fused-ring (bicyclic) bond motifs is 5. The Kier molecular flexibility index (Phi) is 4.04. The highest BCUT2D eigenvalue weighted by Gasteiger charge is 2.68. The van der Waals surface area contributed by atoms with Gasteiger partial charge in [0, 0.05) is 11.8 Å². The average Bonchev–Trinajstić information content (AvgIpc) is 2.86. The van der Waals surface area contributed by atoms with Crippen molar-refractivity contribution in [3.8, 4) is 0 Å². The van der Waals surface area contributed by atoms with Crippen LogP contribution in [-0.2, 0) is 9.59 Å². The summed E-state index contributed by atoms with van der Waals surface area (Å²) in [6.45, 7) is 3.46. The number of allylic oxidation sites excluding steroid dienone is 1. The number of rotatable bonds is 2. The van der Waals surface area contributed by atoms with E-state index < -0.39 is 29.5 Å². The number of aliphatic hydroxyl groups excluding tert-OH is 2. The van der Waals surface area contributed by atoms with Crippen molar-refractivity contribution in [2.75, 3.05) is 6.61 Å². The van der Waals surface area contributed by atoms with Crippen LogP contribution in [-0.4, -0.2) is 45.2 Å². The lowest BCUT2D eigenvalue weighted by molar-refractivity contribution is -0.182. The van der Waals surface area contributed by atoms with Gasteiger partial charge in [-0.15, -0.1) is 0 Å². The van der Waals surface area contributed by atoms with Crippen molar-refractivity contribution >= 4 is 11.6 Å². The van der Waals surface area contributed by atoms with E-state index in [-0.39, 0.29) is 29.0 Å². The summed E-state index contributed by atoms with van der Waals surface area (Å²) in [4.78, 5) is 24.3. The molecule has 4 rings (SSSR count). The molecule has 0 aromatic carbocycles. The maximum Gasteiger partial charge on any atom is 0.190 e. The Labute approximate surface area is 154 Å². The molecule has 26 heavy (non-hydrogen) atoms. The summed E-state index contributed by atoms with van der Waals surface area (Å²) in [6, 6.07) is 0. The van der Waals surface area contributed by atoms with Crippen molar-refractivity contribution in [3.63, 3.8) is 0 Å². The molecule has 0 aromatic rings. The molecule has 0 aliphatic heterocycles. The Morgan fingerprint density at radius 1 is 1.23 bits per heavy atom. The second kappa shape index (κ2) is 5.73. The zero-order valence-corrected chi connectivity index (χ0v) is 15.7. The van der Waals surface area contributed by atoms with Crippen LogP contribution in [0.15, 0.2) is 11.6 Å². The van der Waals surface area contributed by atoms with Gasteiger partial charge in [0.25, 0.3) is 0 Å². The minimum absolute atomic E-state index is 0.0697. The molecule has 0 amide bonds. The van der Waals surface area contributed by atoms with Crippen molar-refractivity contribution in [2.24, 2.45) is 28.6 Å². The number of carbonyl (C=O) groups is 2. The molecule has 0 spiro atoms. The van der Waals surface area contributed by atoms with Crippen molar-refractivity contribution < 1.29 is 24.9 Å². The quantitative estimate of drug-likeness (QED) is 0.696. The molecule has 3 saturated carbocycles. The number of Topliss-reactive ketones (excluding diaryl/α,β-unsaturated/α-hetero) is 1. The standard InChI is InChI=1S/C21H30O5/c1-19-7-5-13(23)9-12(19)3-4-14-15-6-8-21(26,17(25)11-22)20(15,2)10-16(24)18(14)19/h9,14-16,18,22,24,26H,3-8,10-11H2,1-2H3/t14-,15-,16-,18+,19+,20+,21-/m1/s1. The Morgan fingerprint density at radius 2 is 1.96 bits per heavy atom. The molecule has 144 valence electrons. The van der Waals surface area contributed by atoms with E-state index in [1.165, 1.54) is 5.57 Å². The zero-order chi connectivity index (χ0) is 18.9. The van der Waals surface area contributed by atoms with Gasteiger partial charge in [-0.25, -0.2) is 0 Å². The lowest BCUT2D eigenvalue weighted by Gasteiger charge is -2.60. The van der Waals surface area contributed by atoms with Gasteiger partial charge in [-0.2, -0.15) is 0 Å². The Morgan fingerprint density at radius 3 is 2.65 bits per heavy atom. The monoisotopic (exact) mass is 362 g/mol. The Balaban J connectivity index is 1.74. The predicted molar refractivity (Wildman–Crippen MR) is 95.1 cm³/mol. The Hall–Kier alpha value is -1.04. The first kappa shape index (κ1) is 18.3. The summed E-state index contributed by atoms with van der Waals surface area (Å²) < 4.78 is 0. The number of ketones is 2. The van der Waals surface area contributed by atoms with Crippen LogP contribution in [0.2, 0.25) is 0 Å². The molecule has 0 saturated heterocycles. The van der Waals surface area contributed by atoms with Gasteiger partial charge in [0.05, 0.1) is 6.10 Å². The highest BCUT2D eigenvalue weighted by atomic mass is 16.3. The van der Waals surface area contributed by atoms with E-state index in [0.29, 0.717) is 19.3 Å². The lowest BCUT2D eigenvalue weighted by Crippen LogP contribution is -2.62. The predicted octanol–water partition coefficient (Wildman–Crippen LogP) is 1.78. The van der Waals surface area contributed by atoms with Crippen molar-refractivity contribution in [3.05, 3.63) is 11.6 Å². The third-order valence-corrected chi connectivity index (χ3v) is 8.65. The van der Waals surface area contributed by atoms with Crippen LogP contribution in [0.1, 0.15) is 58.8 Å².